The normalized spacial score (nSPS) is 23.9. The van der Waals surface area contributed by atoms with Gasteiger partial charge in [0.1, 0.15) is 0 Å². The van der Waals surface area contributed by atoms with Gasteiger partial charge in [0.2, 0.25) is 0 Å². The Morgan fingerprint density at radius 2 is 1.94 bits per heavy atom. The second-order valence-electron chi connectivity index (χ2n) is 6.45. The summed E-state index contributed by atoms with van der Waals surface area (Å²) in [5.41, 5.74) is 6.63. The van der Waals surface area contributed by atoms with E-state index in [-0.39, 0.29) is 5.41 Å². The van der Waals surface area contributed by atoms with Gasteiger partial charge >= 0.3 is 0 Å². The number of hydrogen-bond donors (Lipinski definition) is 0. The third kappa shape index (κ3) is 1.92. The molecule has 2 aliphatic rings. The van der Waals surface area contributed by atoms with Gasteiger partial charge in [-0.15, -0.1) is 11.8 Å². The molecular formula is C15H21NS. The molecule has 0 fully saturated rings. The fourth-order valence-electron chi connectivity index (χ4n) is 2.93. The number of thioether (sulfide) groups is 1. The zero-order chi connectivity index (χ0) is 12.2. The standard InChI is InChI=1S/C15H21NS/c1-15(2,3)12-5-10-7-16(4)8-13-14(10)11(6-12)9-17-13/h5-6,13H,7-9H2,1-4H3. The summed E-state index contributed by atoms with van der Waals surface area (Å²) in [6.07, 6.45) is 0. The van der Waals surface area contributed by atoms with E-state index < -0.39 is 0 Å². The van der Waals surface area contributed by atoms with Gasteiger partial charge in [-0.2, -0.15) is 0 Å². The molecule has 0 saturated carbocycles. The maximum atomic E-state index is 2.46. The van der Waals surface area contributed by atoms with E-state index in [1.54, 1.807) is 16.7 Å². The molecule has 0 aliphatic carbocycles. The van der Waals surface area contributed by atoms with Crippen molar-refractivity contribution in [1.82, 2.24) is 4.90 Å². The Balaban J connectivity index is 2.14. The monoisotopic (exact) mass is 247 g/mol. The maximum Gasteiger partial charge on any atom is 0.0434 e. The minimum absolute atomic E-state index is 0.268. The van der Waals surface area contributed by atoms with E-state index >= 15 is 0 Å². The van der Waals surface area contributed by atoms with Crippen LogP contribution < -0.4 is 0 Å². The van der Waals surface area contributed by atoms with Crippen molar-refractivity contribution >= 4 is 11.8 Å². The summed E-state index contributed by atoms with van der Waals surface area (Å²) in [6.45, 7) is 9.29. The number of nitrogens with zero attached hydrogens (tertiary/aromatic N) is 1. The summed E-state index contributed by atoms with van der Waals surface area (Å²) in [5.74, 6) is 1.21. The second-order valence-corrected chi connectivity index (χ2v) is 7.65. The zero-order valence-electron chi connectivity index (χ0n) is 11.2. The van der Waals surface area contributed by atoms with Gasteiger partial charge in [-0.05, 0) is 34.7 Å². The highest BCUT2D eigenvalue weighted by Gasteiger charge is 2.32. The number of likely N-dealkylation sites (N-methyl/N-ethyl adjacent to an activating group) is 1. The van der Waals surface area contributed by atoms with Gasteiger partial charge in [-0.25, -0.2) is 0 Å². The third-order valence-corrected chi connectivity index (χ3v) is 5.16. The summed E-state index contributed by atoms with van der Waals surface area (Å²) in [4.78, 5) is 2.46. The Hall–Kier alpha value is -0.470. The van der Waals surface area contributed by atoms with Gasteiger partial charge in [-0.3, -0.25) is 0 Å². The lowest BCUT2D eigenvalue weighted by Crippen LogP contribution is -2.28. The highest BCUT2D eigenvalue weighted by Crippen LogP contribution is 2.47. The topological polar surface area (TPSA) is 3.24 Å². The van der Waals surface area contributed by atoms with Gasteiger partial charge in [0.25, 0.3) is 0 Å². The Bertz CT molecular complexity index is 459. The number of rotatable bonds is 0. The summed E-state index contributed by atoms with van der Waals surface area (Å²) < 4.78 is 0. The van der Waals surface area contributed by atoms with E-state index in [0.29, 0.717) is 0 Å². The molecule has 1 nitrogen and oxygen atoms in total. The molecular weight excluding hydrogens is 226 g/mol. The Morgan fingerprint density at radius 3 is 2.65 bits per heavy atom. The minimum Gasteiger partial charge on any atom is -0.301 e. The van der Waals surface area contributed by atoms with Crippen molar-refractivity contribution in [3.8, 4) is 0 Å². The molecule has 0 N–H and O–H groups in total. The first-order chi connectivity index (χ1) is 7.95. The summed E-state index contributed by atoms with van der Waals surface area (Å²) in [7, 11) is 2.24. The summed E-state index contributed by atoms with van der Waals surface area (Å²) >= 11 is 2.12. The predicted molar refractivity (Wildman–Crippen MR) is 75.5 cm³/mol. The lowest BCUT2D eigenvalue weighted by atomic mass is 9.82. The van der Waals surface area contributed by atoms with Gasteiger partial charge in [0, 0.05) is 24.1 Å². The molecule has 0 radical (unpaired) electrons. The quantitative estimate of drug-likeness (QED) is 0.687. The van der Waals surface area contributed by atoms with Gasteiger partial charge in [0.05, 0.1) is 0 Å². The van der Waals surface area contributed by atoms with Crippen LogP contribution in [0.1, 0.15) is 48.3 Å². The van der Waals surface area contributed by atoms with Gasteiger partial charge in [-0.1, -0.05) is 32.9 Å². The molecule has 0 saturated heterocycles. The average molecular weight is 247 g/mol. The van der Waals surface area contributed by atoms with Crippen molar-refractivity contribution < 1.29 is 0 Å². The van der Waals surface area contributed by atoms with Crippen LogP contribution in [-0.2, 0) is 17.7 Å². The molecule has 2 heteroatoms. The fourth-order valence-corrected chi connectivity index (χ4v) is 4.38. The van der Waals surface area contributed by atoms with Crippen LogP contribution >= 0.6 is 11.8 Å². The van der Waals surface area contributed by atoms with E-state index in [2.05, 4.69) is 56.6 Å². The minimum atomic E-state index is 0.268. The molecule has 1 aromatic rings. The smallest absolute Gasteiger partial charge is 0.0434 e. The first-order valence-corrected chi connectivity index (χ1v) is 7.46. The molecule has 1 unspecified atom stereocenters. The van der Waals surface area contributed by atoms with Crippen LogP contribution in [0.15, 0.2) is 12.1 Å². The second kappa shape index (κ2) is 3.76. The van der Waals surface area contributed by atoms with E-state index in [9.17, 15) is 0 Å². The number of hydrogen-bond acceptors (Lipinski definition) is 2. The van der Waals surface area contributed by atoms with Crippen LogP contribution in [-0.4, -0.2) is 18.5 Å². The fraction of sp³-hybridized carbons (Fsp3) is 0.600. The average Bonchev–Trinajstić information content (AvgIpc) is 2.60. The largest absolute Gasteiger partial charge is 0.301 e. The summed E-state index contributed by atoms with van der Waals surface area (Å²) in [5, 5.41) is 0.729. The van der Waals surface area contributed by atoms with Crippen molar-refractivity contribution in [3.63, 3.8) is 0 Å². The molecule has 0 bridgehead atoms. The molecule has 0 amide bonds. The highest BCUT2D eigenvalue weighted by molar-refractivity contribution is 7.99. The molecule has 17 heavy (non-hydrogen) atoms. The van der Waals surface area contributed by atoms with Gasteiger partial charge in [0.15, 0.2) is 0 Å². The third-order valence-electron chi connectivity index (χ3n) is 3.90. The predicted octanol–water partition coefficient (Wildman–Crippen LogP) is 3.72. The SMILES string of the molecule is CN1Cc2cc(C(C)(C)C)cc3c2C(C1)SC3. The molecule has 3 rings (SSSR count). The van der Waals surface area contributed by atoms with Crippen LogP contribution in [0.5, 0.6) is 0 Å². The summed E-state index contributed by atoms with van der Waals surface area (Å²) in [6, 6.07) is 4.91. The maximum absolute atomic E-state index is 2.46. The molecule has 0 aromatic heterocycles. The van der Waals surface area contributed by atoms with Crippen molar-refractivity contribution in [1.29, 1.82) is 0 Å². The van der Waals surface area contributed by atoms with Crippen molar-refractivity contribution in [2.75, 3.05) is 13.6 Å². The lowest BCUT2D eigenvalue weighted by Gasteiger charge is -2.31. The molecule has 92 valence electrons. The molecule has 2 aliphatic heterocycles. The molecule has 0 spiro atoms. The van der Waals surface area contributed by atoms with Crippen molar-refractivity contribution in [2.24, 2.45) is 0 Å². The van der Waals surface area contributed by atoms with E-state index in [1.807, 2.05) is 0 Å². The van der Waals surface area contributed by atoms with Crippen molar-refractivity contribution in [3.05, 3.63) is 34.4 Å². The highest BCUT2D eigenvalue weighted by atomic mass is 32.2. The lowest BCUT2D eigenvalue weighted by molar-refractivity contribution is 0.310. The number of benzene rings is 1. The molecule has 2 heterocycles. The van der Waals surface area contributed by atoms with E-state index in [1.165, 1.54) is 17.9 Å². The van der Waals surface area contributed by atoms with Crippen molar-refractivity contribution in [2.45, 2.75) is 43.7 Å². The first kappa shape index (κ1) is 11.6. The zero-order valence-corrected chi connectivity index (χ0v) is 12.0. The van der Waals surface area contributed by atoms with Crippen LogP contribution in [0.2, 0.25) is 0 Å². The molecule has 1 aromatic carbocycles. The van der Waals surface area contributed by atoms with Crippen LogP contribution in [0.3, 0.4) is 0 Å². The Labute approximate surface area is 109 Å². The van der Waals surface area contributed by atoms with E-state index in [0.717, 1.165) is 11.8 Å². The van der Waals surface area contributed by atoms with Crippen LogP contribution in [0.4, 0.5) is 0 Å². The molecule has 1 atom stereocenters. The Morgan fingerprint density at radius 1 is 1.24 bits per heavy atom. The van der Waals surface area contributed by atoms with Gasteiger partial charge < -0.3 is 4.90 Å². The van der Waals surface area contributed by atoms with Crippen LogP contribution in [0, 0.1) is 0 Å². The van der Waals surface area contributed by atoms with Crippen LogP contribution in [0.25, 0.3) is 0 Å². The van der Waals surface area contributed by atoms with E-state index in [4.69, 9.17) is 0 Å². The Kier molecular flexibility index (Phi) is 2.57. The first-order valence-electron chi connectivity index (χ1n) is 6.41.